The summed E-state index contributed by atoms with van der Waals surface area (Å²) in [6.45, 7) is 8.94. The summed E-state index contributed by atoms with van der Waals surface area (Å²) in [4.78, 5) is 91.6. The van der Waals surface area contributed by atoms with Gasteiger partial charge in [0.25, 0.3) is 0 Å². The van der Waals surface area contributed by atoms with E-state index in [1.165, 1.54) is 59.9 Å². The van der Waals surface area contributed by atoms with Gasteiger partial charge in [-0.2, -0.15) is 0 Å². The maximum absolute atomic E-state index is 12.2. The summed E-state index contributed by atoms with van der Waals surface area (Å²) >= 11 is 0. The van der Waals surface area contributed by atoms with Crippen LogP contribution in [-0.2, 0) is 71.4 Å². The Morgan fingerprint density at radius 2 is 0.817 bits per heavy atom. The fourth-order valence-corrected chi connectivity index (χ4v) is 7.28. The molecule has 3 aliphatic rings. The van der Waals surface area contributed by atoms with Crippen molar-refractivity contribution < 1.29 is 121 Å². The molecule has 2 heterocycles. The number of ether oxygens (including phenoxy) is 11. The van der Waals surface area contributed by atoms with Gasteiger partial charge in [0.05, 0.1) is 99.2 Å². The van der Waals surface area contributed by atoms with Crippen molar-refractivity contribution in [2.45, 2.75) is 51.4 Å². The highest BCUT2D eigenvalue weighted by Crippen LogP contribution is 2.18. The fraction of sp³-hybridized carbons (Fsp3) is 0.515. The van der Waals surface area contributed by atoms with Crippen molar-refractivity contribution in [3.05, 3.63) is 132 Å². The minimum Gasteiger partial charge on any atom is -0.482 e. The number of piperidine rings is 2. The Morgan fingerprint density at radius 1 is 0.419 bits per heavy atom. The second kappa shape index (κ2) is 64.2. The molecule has 3 aromatic carbocycles. The zero-order valence-corrected chi connectivity index (χ0v) is 55.0. The predicted molar refractivity (Wildman–Crippen MR) is 343 cm³/mol. The molecule has 0 saturated carbocycles. The number of esters is 3. The quantitative estimate of drug-likeness (QED) is 0.0156. The Kier molecular flexibility index (Phi) is 61.7. The van der Waals surface area contributed by atoms with Crippen molar-refractivity contribution in [3.8, 4) is 11.5 Å². The first-order chi connectivity index (χ1) is 45.1. The molecular formula is C66H99N2O25+. The number of ketones is 2. The van der Waals surface area contributed by atoms with Crippen LogP contribution in [0.5, 0.6) is 11.5 Å². The van der Waals surface area contributed by atoms with Crippen molar-refractivity contribution in [1.29, 1.82) is 0 Å². The summed E-state index contributed by atoms with van der Waals surface area (Å²) < 4.78 is 52.9. The Labute approximate surface area is 546 Å². The van der Waals surface area contributed by atoms with Crippen LogP contribution in [0.3, 0.4) is 0 Å². The van der Waals surface area contributed by atoms with Crippen molar-refractivity contribution in [2.75, 3.05) is 175 Å². The number of rotatable bonds is 32. The number of carboxylic acids is 3. The second-order valence-electron chi connectivity index (χ2n) is 18.5. The minimum atomic E-state index is -1.04. The third-order valence-electron chi connectivity index (χ3n) is 11.9. The summed E-state index contributed by atoms with van der Waals surface area (Å²) in [5, 5.41) is 46.1. The van der Waals surface area contributed by atoms with Crippen LogP contribution >= 0.6 is 0 Å². The van der Waals surface area contributed by atoms with Crippen LogP contribution in [0.25, 0.3) is 0 Å². The molecule has 2 fully saturated rings. The molecule has 0 atom stereocenters. The van der Waals surface area contributed by atoms with Gasteiger partial charge in [0.15, 0.2) is 19.0 Å². The number of methoxy groups -OCH3 is 5. The van der Waals surface area contributed by atoms with Crippen LogP contribution in [0, 0.1) is 6.08 Å². The summed E-state index contributed by atoms with van der Waals surface area (Å²) in [5.41, 5.74) is 2.31. The van der Waals surface area contributed by atoms with Gasteiger partial charge in [0.1, 0.15) is 42.4 Å². The van der Waals surface area contributed by atoms with E-state index >= 15 is 0 Å². The molecule has 1 aliphatic carbocycles. The first kappa shape index (κ1) is 89.3. The van der Waals surface area contributed by atoms with Crippen molar-refractivity contribution in [2.24, 2.45) is 0 Å². The van der Waals surface area contributed by atoms with Gasteiger partial charge in [0, 0.05) is 71.4 Å². The number of carboxylic acid groups (broad SMARTS) is 3. The number of aliphatic hydroxyl groups is 3. The van der Waals surface area contributed by atoms with E-state index in [9.17, 15) is 38.4 Å². The lowest BCUT2D eigenvalue weighted by Gasteiger charge is -2.25. The Bertz CT molecular complexity index is 2480. The second-order valence-corrected chi connectivity index (χ2v) is 18.5. The molecule has 2 saturated heterocycles. The summed E-state index contributed by atoms with van der Waals surface area (Å²) in [5.74, 6) is -2.83. The molecule has 3 aromatic rings. The SMILES string of the molecule is CO.CO.CO.COC(=O)CCN1CCCCC1.COC(=O)COc1ccc(C(=O)c2ccccc2)cc1.COCCOCCOCC(=O)O.COCCOCCOCC(=O)OC.O=C(O)CCN1CCCCC1.O=C(O)COc1ccc(C(=O)C2=CC=[C+]C=C2)cc1. The minimum absolute atomic E-state index is 0.0237. The van der Waals surface area contributed by atoms with E-state index in [0.29, 0.717) is 99.5 Å². The third-order valence-corrected chi connectivity index (χ3v) is 11.9. The van der Waals surface area contributed by atoms with E-state index in [-0.39, 0.29) is 43.3 Å². The number of aliphatic carboxylic acids is 3. The standard InChI is InChI=1S/C16H14O4.C15H10O4.C9H17NO2.C8H15NO2.C8H16O5.C7H14O5.3CH4O/c1-19-15(17)11-20-14-9-7-13(8-10-14)16(18)12-5-3-2-4-6-12;16-14(17)10-19-13-8-6-12(7-9-13)15(18)11-4-2-1-3-5-11;1-12-9(11)5-8-10-6-3-2-4-7-10;10-8(11)4-7-9-5-2-1-3-6-9;1-10-3-4-12-5-6-13-7-8(9)11-2;1-10-2-3-11-4-5-12-6-7(8)9;3*1-2/h2-10H,11H2,1H3;2-9H,10H2;2-8H2,1H3;1-7H2,(H,10,11);3-7H2,1-2H3;2-6H2,1H3,(H,8,9);3*2H,1H3/p+1. The lowest BCUT2D eigenvalue weighted by molar-refractivity contribution is -0.146. The number of nitrogens with zero attached hydrogens (tertiary/aromatic N) is 2. The molecule has 0 unspecified atom stereocenters. The number of hydrogen-bond donors (Lipinski definition) is 6. The highest BCUT2D eigenvalue weighted by molar-refractivity contribution is 6.11. The Morgan fingerprint density at radius 3 is 1.24 bits per heavy atom. The topological polar surface area (TPSA) is 366 Å². The van der Waals surface area contributed by atoms with Gasteiger partial charge in [-0.1, -0.05) is 43.2 Å². The van der Waals surface area contributed by atoms with Crippen LogP contribution in [-0.4, -0.2) is 263 Å². The maximum atomic E-state index is 12.2. The normalized spacial score (nSPS) is 12.4. The lowest BCUT2D eigenvalue weighted by atomic mass is 10.0. The highest BCUT2D eigenvalue weighted by Gasteiger charge is 2.17. The smallest absolute Gasteiger partial charge is 0.343 e. The van der Waals surface area contributed by atoms with Crippen molar-refractivity contribution in [3.63, 3.8) is 0 Å². The zero-order chi connectivity index (χ0) is 70.1. The van der Waals surface area contributed by atoms with Crippen molar-refractivity contribution >= 4 is 47.4 Å². The third kappa shape index (κ3) is 52.3. The molecular weight excluding hydrogens is 1220 g/mol. The van der Waals surface area contributed by atoms with Gasteiger partial charge in [-0.15, -0.1) is 0 Å². The first-order valence-electron chi connectivity index (χ1n) is 29.6. The molecule has 6 N–H and O–H groups in total. The van der Waals surface area contributed by atoms with E-state index in [4.69, 9.17) is 68.5 Å². The first-order valence-corrected chi connectivity index (χ1v) is 29.6. The van der Waals surface area contributed by atoms with E-state index < -0.39 is 30.5 Å². The predicted octanol–water partition coefficient (Wildman–Crippen LogP) is 5.06. The maximum Gasteiger partial charge on any atom is 0.343 e. The van der Waals surface area contributed by atoms with Crippen molar-refractivity contribution in [1.82, 2.24) is 9.80 Å². The van der Waals surface area contributed by atoms with Crippen LogP contribution in [0.2, 0.25) is 0 Å². The van der Waals surface area contributed by atoms with Gasteiger partial charge in [-0.25, -0.2) is 19.2 Å². The number of aliphatic hydroxyl groups excluding tert-OH is 3. The Balaban J connectivity index is -0.00000104. The monoisotopic (exact) mass is 1320 g/mol. The number of benzene rings is 3. The number of hydrogen-bond acceptors (Lipinski definition) is 24. The van der Waals surface area contributed by atoms with E-state index in [2.05, 4.69) is 30.1 Å². The molecule has 0 bridgehead atoms. The molecule has 27 heteroatoms. The summed E-state index contributed by atoms with van der Waals surface area (Å²) in [6.07, 6.45) is 18.1. The molecule has 27 nitrogen and oxygen atoms in total. The van der Waals surface area contributed by atoms with Gasteiger partial charge in [-0.3, -0.25) is 19.2 Å². The summed E-state index contributed by atoms with van der Waals surface area (Å²) in [7, 11) is 10.3. The lowest BCUT2D eigenvalue weighted by Crippen LogP contribution is -2.31. The molecule has 522 valence electrons. The van der Waals surface area contributed by atoms with Gasteiger partial charge in [-0.05, 0) is 100 Å². The van der Waals surface area contributed by atoms with Crippen LogP contribution in [0.4, 0.5) is 0 Å². The van der Waals surface area contributed by atoms with Crippen LogP contribution in [0.1, 0.15) is 77.6 Å². The molecule has 0 spiro atoms. The molecule has 0 aromatic heterocycles. The zero-order valence-electron chi connectivity index (χ0n) is 55.0. The average Bonchev–Trinajstić information content (AvgIpc) is 1.45. The van der Waals surface area contributed by atoms with Crippen LogP contribution in [0.15, 0.2) is 109 Å². The van der Waals surface area contributed by atoms with E-state index in [0.717, 1.165) is 60.6 Å². The number of carbonyl (C=O) groups is 8. The Hall–Kier alpha value is -7.89. The molecule has 0 amide bonds. The van der Waals surface area contributed by atoms with E-state index in [1.807, 2.05) is 18.2 Å². The van der Waals surface area contributed by atoms with Gasteiger partial charge < -0.3 is 92.5 Å². The number of Topliss-reactive ketones (excluding diaryl/α,β-unsaturated/α-hetero) is 1. The molecule has 6 rings (SSSR count). The van der Waals surface area contributed by atoms with Crippen LogP contribution < -0.4 is 9.47 Å². The average molecular weight is 1320 g/mol. The number of carbonyl (C=O) groups excluding carboxylic acids is 5. The molecule has 2 aliphatic heterocycles. The highest BCUT2D eigenvalue weighted by atomic mass is 16.6. The number of allylic oxidation sites excluding steroid dienone is 6. The van der Waals surface area contributed by atoms with E-state index in [1.54, 1.807) is 99.2 Å². The molecule has 93 heavy (non-hydrogen) atoms. The number of likely N-dealkylation sites (tertiary alicyclic amines) is 2. The largest absolute Gasteiger partial charge is 0.482 e. The fourth-order valence-electron chi connectivity index (χ4n) is 7.28. The molecule has 0 radical (unpaired) electrons. The summed E-state index contributed by atoms with van der Waals surface area (Å²) in [6, 6.07) is 22.0. The van der Waals surface area contributed by atoms with Gasteiger partial charge >= 0.3 is 35.8 Å². The van der Waals surface area contributed by atoms with Gasteiger partial charge in [0.2, 0.25) is 5.78 Å².